The largest absolute Gasteiger partial charge is 0.442 e. The molecule has 0 radical (unpaired) electrons. The Morgan fingerprint density at radius 1 is 0.600 bits per heavy atom. The van der Waals surface area contributed by atoms with Crippen molar-refractivity contribution in [1.29, 1.82) is 0 Å². The zero-order chi connectivity index (χ0) is 13.9. The Kier molecular flexibility index (Phi) is 3.21. The fourth-order valence-corrected chi connectivity index (χ4v) is 2.12. The molecule has 1 aliphatic heterocycles. The molecule has 0 unspecified atom stereocenters. The van der Waals surface area contributed by atoms with Crippen LogP contribution >= 0.6 is 0 Å². The first-order valence-electron chi connectivity index (χ1n) is 6.26. The van der Waals surface area contributed by atoms with E-state index in [1.807, 2.05) is 12.1 Å². The van der Waals surface area contributed by atoms with Gasteiger partial charge in [0.15, 0.2) is 0 Å². The third-order valence-corrected chi connectivity index (χ3v) is 3.10. The molecule has 0 aromatic heterocycles. The summed E-state index contributed by atoms with van der Waals surface area (Å²) in [5.41, 5.74) is 1.22. The van der Waals surface area contributed by atoms with E-state index in [1.54, 1.807) is 48.5 Å². The molecule has 4 nitrogen and oxygen atoms in total. The predicted octanol–water partition coefficient (Wildman–Crippen LogP) is 2.57. The van der Waals surface area contributed by atoms with Crippen LogP contribution in [0.5, 0.6) is 0 Å². The van der Waals surface area contributed by atoms with Crippen LogP contribution in [0, 0.1) is 0 Å². The number of hydrogen-bond donors (Lipinski definition) is 0. The second-order valence-corrected chi connectivity index (χ2v) is 4.46. The van der Waals surface area contributed by atoms with Crippen molar-refractivity contribution >= 4 is 11.9 Å². The highest BCUT2D eigenvalue weighted by molar-refractivity contribution is 5.89. The van der Waals surface area contributed by atoms with Crippen molar-refractivity contribution in [1.82, 2.24) is 0 Å². The summed E-state index contributed by atoms with van der Waals surface area (Å²) in [6.45, 7) is 0. The molecule has 3 rings (SSSR count). The predicted molar refractivity (Wildman–Crippen MR) is 70.6 cm³/mol. The topological polar surface area (TPSA) is 52.6 Å². The van der Waals surface area contributed by atoms with Crippen LogP contribution in [0.15, 0.2) is 60.7 Å². The van der Waals surface area contributed by atoms with Crippen molar-refractivity contribution in [2.24, 2.45) is 0 Å². The van der Waals surface area contributed by atoms with Gasteiger partial charge in [-0.05, 0) is 0 Å². The Morgan fingerprint density at radius 3 is 1.30 bits per heavy atom. The number of hydrogen-bond acceptors (Lipinski definition) is 4. The molecular formula is C16H12O4. The summed E-state index contributed by atoms with van der Waals surface area (Å²) in [6, 6.07) is 17.7. The monoisotopic (exact) mass is 268 g/mol. The minimum Gasteiger partial charge on any atom is -0.442 e. The third-order valence-electron chi connectivity index (χ3n) is 3.10. The molecule has 2 atom stereocenters. The first-order chi connectivity index (χ1) is 9.75. The van der Waals surface area contributed by atoms with E-state index in [4.69, 9.17) is 9.47 Å². The molecule has 1 heterocycles. The summed E-state index contributed by atoms with van der Waals surface area (Å²) in [6.07, 6.45) is -1.97. The van der Waals surface area contributed by atoms with Crippen LogP contribution in [0.3, 0.4) is 0 Å². The maximum absolute atomic E-state index is 12.0. The molecule has 2 aromatic carbocycles. The average Bonchev–Trinajstić information content (AvgIpc) is 2.51. The van der Waals surface area contributed by atoms with Gasteiger partial charge in [-0.2, -0.15) is 0 Å². The normalized spacial score (nSPS) is 22.0. The Hall–Kier alpha value is -2.62. The standard InChI is InChI=1S/C16H12O4/c17-15-13(11-7-3-1-4-8-11)19-16(18)14(20-15)12-9-5-2-6-10-12/h1-10,13-14H/t13-,14-/m0/s1. The Morgan fingerprint density at radius 2 is 0.950 bits per heavy atom. The molecule has 0 bridgehead atoms. The van der Waals surface area contributed by atoms with Gasteiger partial charge < -0.3 is 9.47 Å². The second kappa shape index (κ2) is 5.17. The quantitative estimate of drug-likeness (QED) is 0.785. The SMILES string of the molecule is O=C1O[C@@H](c2ccccc2)C(=O)O[C@H]1c1ccccc1. The number of cyclic esters (lactones) is 2. The molecule has 0 aliphatic carbocycles. The summed E-state index contributed by atoms with van der Waals surface area (Å²) in [4.78, 5) is 24.0. The van der Waals surface area contributed by atoms with Gasteiger partial charge in [-0.3, -0.25) is 0 Å². The minimum atomic E-state index is -0.983. The molecule has 0 saturated carbocycles. The maximum atomic E-state index is 12.0. The second-order valence-electron chi connectivity index (χ2n) is 4.46. The van der Waals surface area contributed by atoms with Gasteiger partial charge in [0.2, 0.25) is 12.2 Å². The van der Waals surface area contributed by atoms with Crippen LogP contribution in [0.4, 0.5) is 0 Å². The first-order valence-corrected chi connectivity index (χ1v) is 6.26. The highest BCUT2D eigenvalue weighted by Gasteiger charge is 2.39. The van der Waals surface area contributed by atoms with E-state index in [2.05, 4.69) is 0 Å². The van der Waals surface area contributed by atoms with Crippen molar-refractivity contribution in [3.63, 3.8) is 0 Å². The van der Waals surface area contributed by atoms with E-state index in [0.717, 1.165) is 0 Å². The van der Waals surface area contributed by atoms with Gasteiger partial charge in [-0.25, -0.2) is 9.59 Å². The Labute approximate surface area is 115 Å². The van der Waals surface area contributed by atoms with Crippen molar-refractivity contribution in [2.45, 2.75) is 12.2 Å². The molecule has 1 saturated heterocycles. The lowest BCUT2D eigenvalue weighted by Gasteiger charge is -2.27. The van der Waals surface area contributed by atoms with Crippen LogP contribution in [0.25, 0.3) is 0 Å². The van der Waals surface area contributed by atoms with Crippen molar-refractivity contribution < 1.29 is 19.1 Å². The molecule has 4 heteroatoms. The molecule has 0 N–H and O–H groups in total. The number of rotatable bonds is 2. The molecule has 0 amide bonds. The molecular weight excluding hydrogens is 256 g/mol. The number of esters is 2. The van der Waals surface area contributed by atoms with E-state index >= 15 is 0 Å². The molecule has 0 spiro atoms. The van der Waals surface area contributed by atoms with Gasteiger partial charge in [0.25, 0.3) is 0 Å². The van der Waals surface area contributed by atoms with Crippen LogP contribution in [-0.4, -0.2) is 11.9 Å². The van der Waals surface area contributed by atoms with Crippen LogP contribution in [-0.2, 0) is 19.1 Å². The third kappa shape index (κ3) is 2.28. The van der Waals surface area contributed by atoms with Crippen molar-refractivity contribution in [3.05, 3.63) is 71.8 Å². The number of benzene rings is 2. The van der Waals surface area contributed by atoms with Gasteiger partial charge in [0, 0.05) is 11.1 Å². The lowest BCUT2D eigenvalue weighted by atomic mass is 10.1. The maximum Gasteiger partial charge on any atom is 0.353 e. The molecule has 1 fully saturated rings. The molecule has 20 heavy (non-hydrogen) atoms. The fourth-order valence-electron chi connectivity index (χ4n) is 2.12. The van der Waals surface area contributed by atoms with Crippen LogP contribution in [0.2, 0.25) is 0 Å². The lowest BCUT2D eigenvalue weighted by Crippen LogP contribution is -2.34. The first kappa shape index (κ1) is 12.4. The van der Waals surface area contributed by atoms with Gasteiger partial charge in [-0.15, -0.1) is 0 Å². The molecule has 2 aromatic rings. The Bertz CT molecular complexity index is 564. The van der Waals surface area contributed by atoms with E-state index in [0.29, 0.717) is 11.1 Å². The number of carbonyl (C=O) groups is 2. The summed E-state index contributed by atoms with van der Waals surface area (Å²) < 4.78 is 10.5. The number of ether oxygens (including phenoxy) is 2. The summed E-state index contributed by atoms with van der Waals surface area (Å²) >= 11 is 0. The van der Waals surface area contributed by atoms with E-state index in [9.17, 15) is 9.59 Å². The zero-order valence-corrected chi connectivity index (χ0v) is 10.6. The van der Waals surface area contributed by atoms with Crippen molar-refractivity contribution in [3.8, 4) is 0 Å². The van der Waals surface area contributed by atoms with Crippen LogP contribution in [0.1, 0.15) is 23.3 Å². The van der Waals surface area contributed by atoms with E-state index < -0.39 is 24.1 Å². The highest BCUT2D eigenvalue weighted by Crippen LogP contribution is 2.31. The van der Waals surface area contributed by atoms with Gasteiger partial charge in [0.05, 0.1) is 0 Å². The van der Waals surface area contributed by atoms with Gasteiger partial charge >= 0.3 is 11.9 Å². The smallest absolute Gasteiger partial charge is 0.353 e. The fraction of sp³-hybridized carbons (Fsp3) is 0.125. The van der Waals surface area contributed by atoms with Gasteiger partial charge in [0.1, 0.15) is 0 Å². The Balaban J connectivity index is 1.84. The lowest BCUT2D eigenvalue weighted by molar-refractivity contribution is -0.196. The summed E-state index contributed by atoms with van der Waals surface area (Å²) in [5, 5.41) is 0. The average molecular weight is 268 g/mol. The van der Waals surface area contributed by atoms with E-state index in [1.165, 1.54) is 0 Å². The number of carbonyl (C=O) groups excluding carboxylic acids is 2. The van der Waals surface area contributed by atoms with E-state index in [-0.39, 0.29) is 0 Å². The molecule has 100 valence electrons. The zero-order valence-electron chi connectivity index (χ0n) is 10.6. The minimum absolute atomic E-state index is 0.551. The highest BCUT2D eigenvalue weighted by atomic mass is 16.6. The molecule has 1 aliphatic rings. The van der Waals surface area contributed by atoms with Crippen molar-refractivity contribution in [2.75, 3.05) is 0 Å². The van der Waals surface area contributed by atoms with Gasteiger partial charge in [-0.1, -0.05) is 60.7 Å². The summed E-state index contributed by atoms with van der Waals surface area (Å²) in [5.74, 6) is -1.10. The summed E-state index contributed by atoms with van der Waals surface area (Å²) in [7, 11) is 0. The van der Waals surface area contributed by atoms with Crippen LogP contribution < -0.4 is 0 Å².